The maximum atomic E-state index is 12.8. The van der Waals surface area contributed by atoms with Gasteiger partial charge in [-0.1, -0.05) is 0 Å². The van der Waals surface area contributed by atoms with Crippen LogP contribution in [0.2, 0.25) is 0 Å². The maximum Gasteiger partial charge on any atom is 0.141 e. The molecule has 2 aromatic rings. The molecule has 0 spiro atoms. The van der Waals surface area contributed by atoms with Gasteiger partial charge in [0.1, 0.15) is 17.5 Å². The third-order valence-corrected chi connectivity index (χ3v) is 3.33. The Morgan fingerprint density at radius 1 is 1.26 bits per heavy atom. The molecule has 19 heavy (non-hydrogen) atoms. The SMILES string of the molecule is COCc1cc(N)nc(CSc2ccc(F)cc2)n1. The van der Waals surface area contributed by atoms with Crippen molar-refractivity contribution in [1.82, 2.24) is 9.97 Å². The van der Waals surface area contributed by atoms with E-state index in [1.165, 1.54) is 23.9 Å². The molecule has 1 aromatic carbocycles. The lowest BCUT2D eigenvalue weighted by Gasteiger charge is -2.05. The number of anilines is 1. The summed E-state index contributed by atoms with van der Waals surface area (Å²) in [6, 6.07) is 8.00. The van der Waals surface area contributed by atoms with Gasteiger partial charge in [0.25, 0.3) is 0 Å². The van der Waals surface area contributed by atoms with Gasteiger partial charge in [0.2, 0.25) is 0 Å². The molecule has 0 bridgehead atoms. The average molecular weight is 279 g/mol. The van der Waals surface area contributed by atoms with E-state index in [0.29, 0.717) is 24.0 Å². The minimum absolute atomic E-state index is 0.244. The summed E-state index contributed by atoms with van der Waals surface area (Å²) in [6.45, 7) is 0.404. The molecule has 100 valence electrons. The van der Waals surface area contributed by atoms with Crippen molar-refractivity contribution in [1.29, 1.82) is 0 Å². The van der Waals surface area contributed by atoms with Crippen LogP contribution in [0.3, 0.4) is 0 Å². The summed E-state index contributed by atoms with van der Waals surface area (Å²) >= 11 is 1.53. The molecular weight excluding hydrogens is 265 g/mol. The van der Waals surface area contributed by atoms with Crippen LogP contribution in [0.15, 0.2) is 35.2 Å². The number of aromatic nitrogens is 2. The summed E-state index contributed by atoms with van der Waals surface area (Å²) in [5, 5.41) is 0. The van der Waals surface area contributed by atoms with Crippen LogP contribution < -0.4 is 5.73 Å². The second kappa shape index (κ2) is 6.49. The first-order chi connectivity index (χ1) is 9.17. The molecule has 4 nitrogen and oxygen atoms in total. The first kappa shape index (κ1) is 13.8. The molecule has 0 saturated heterocycles. The molecule has 0 aliphatic rings. The van der Waals surface area contributed by atoms with Crippen LogP contribution in [-0.2, 0) is 17.1 Å². The van der Waals surface area contributed by atoms with Crippen molar-refractivity contribution in [2.75, 3.05) is 12.8 Å². The van der Waals surface area contributed by atoms with Crippen LogP contribution >= 0.6 is 11.8 Å². The Bertz CT molecular complexity index is 548. The monoisotopic (exact) mass is 279 g/mol. The van der Waals surface area contributed by atoms with E-state index >= 15 is 0 Å². The van der Waals surface area contributed by atoms with E-state index in [0.717, 1.165) is 10.6 Å². The van der Waals surface area contributed by atoms with Gasteiger partial charge in [-0.25, -0.2) is 14.4 Å². The number of benzene rings is 1. The van der Waals surface area contributed by atoms with E-state index in [2.05, 4.69) is 9.97 Å². The highest BCUT2D eigenvalue weighted by molar-refractivity contribution is 7.98. The third kappa shape index (κ3) is 4.18. The van der Waals surface area contributed by atoms with Crippen molar-refractivity contribution >= 4 is 17.6 Å². The van der Waals surface area contributed by atoms with Gasteiger partial charge < -0.3 is 10.5 Å². The van der Waals surface area contributed by atoms with Gasteiger partial charge in [-0.3, -0.25) is 0 Å². The van der Waals surface area contributed by atoms with Gasteiger partial charge in [0.15, 0.2) is 0 Å². The van der Waals surface area contributed by atoms with E-state index in [-0.39, 0.29) is 5.82 Å². The van der Waals surface area contributed by atoms with Crippen LogP contribution in [0, 0.1) is 5.82 Å². The standard InChI is InChI=1S/C13H14FN3OS/c1-18-7-10-6-12(15)17-13(16-10)8-19-11-4-2-9(14)3-5-11/h2-6H,7-8H2,1H3,(H2,15,16,17). The number of methoxy groups -OCH3 is 1. The van der Waals surface area contributed by atoms with Gasteiger partial charge in [0.05, 0.1) is 18.1 Å². The van der Waals surface area contributed by atoms with Crippen molar-refractivity contribution in [3.8, 4) is 0 Å². The summed E-state index contributed by atoms with van der Waals surface area (Å²) in [6.07, 6.45) is 0. The van der Waals surface area contributed by atoms with E-state index in [1.54, 1.807) is 25.3 Å². The Morgan fingerprint density at radius 3 is 2.68 bits per heavy atom. The molecule has 0 radical (unpaired) electrons. The quantitative estimate of drug-likeness (QED) is 0.853. The summed E-state index contributed by atoms with van der Waals surface area (Å²) in [5.74, 6) is 1.40. The molecule has 0 amide bonds. The molecule has 6 heteroatoms. The fourth-order valence-corrected chi connectivity index (χ4v) is 2.29. The molecule has 0 aliphatic carbocycles. The van der Waals surface area contributed by atoms with Crippen molar-refractivity contribution in [2.45, 2.75) is 17.3 Å². The first-order valence-electron chi connectivity index (χ1n) is 5.67. The Kier molecular flexibility index (Phi) is 4.70. The fraction of sp³-hybridized carbons (Fsp3) is 0.231. The molecule has 1 heterocycles. The molecule has 0 fully saturated rings. The Balaban J connectivity index is 2.04. The fourth-order valence-electron chi connectivity index (χ4n) is 1.54. The second-order valence-electron chi connectivity index (χ2n) is 3.88. The molecule has 0 aliphatic heterocycles. The molecular formula is C13H14FN3OS. The maximum absolute atomic E-state index is 12.8. The zero-order chi connectivity index (χ0) is 13.7. The van der Waals surface area contributed by atoms with E-state index in [1.807, 2.05) is 0 Å². The van der Waals surface area contributed by atoms with E-state index < -0.39 is 0 Å². The molecule has 1 aromatic heterocycles. The normalized spacial score (nSPS) is 10.6. The molecule has 0 atom stereocenters. The number of nitrogens with zero attached hydrogens (tertiary/aromatic N) is 2. The van der Waals surface area contributed by atoms with Crippen molar-refractivity contribution in [3.63, 3.8) is 0 Å². The van der Waals surface area contributed by atoms with Crippen molar-refractivity contribution in [3.05, 3.63) is 47.7 Å². The smallest absolute Gasteiger partial charge is 0.141 e. The number of hydrogen-bond acceptors (Lipinski definition) is 5. The summed E-state index contributed by atoms with van der Waals surface area (Å²) < 4.78 is 17.8. The third-order valence-electron chi connectivity index (χ3n) is 2.32. The zero-order valence-corrected chi connectivity index (χ0v) is 11.3. The summed E-state index contributed by atoms with van der Waals surface area (Å²) in [4.78, 5) is 9.47. The number of thioether (sulfide) groups is 1. The van der Waals surface area contributed by atoms with Gasteiger partial charge in [-0.05, 0) is 24.3 Å². The minimum atomic E-state index is -0.244. The Hall–Kier alpha value is -1.66. The van der Waals surface area contributed by atoms with Crippen molar-refractivity contribution < 1.29 is 9.13 Å². The van der Waals surface area contributed by atoms with Gasteiger partial charge in [0, 0.05) is 18.1 Å². The van der Waals surface area contributed by atoms with E-state index in [4.69, 9.17) is 10.5 Å². The number of nitrogens with two attached hydrogens (primary N) is 1. The highest BCUT2D eigenvalue weighted by Crippen LogP contribution is 2.22. The minimum Gasteiger partial charge on any atom is -0.384 e. The lowest BCUT2D eigenvalue weighted by Crippen LogP contribution is -2.03. The van der Waals surface area contributed by atoms with Crippen LogP contribution in [-0.4, -0.2) is 17.1 Å². The summed E-state index contributed by atoms with van der Waals surface area (Å²) in [5.41, 5.74) is 6.47. The highest BCUT2D eigenvalue weighted by atomic mass is 32.2. The number of nitrogen functional groups attached to an aromatic ring is 1. The first-order valence-corrected chi connectivity index (χ1v) is 6.65. The van der Waals surface area contributed by atoms with Crippen LogP contribution in [0.25, 0.3) is 0 Å². The number of rotatable bonds is 5. The predicted molar refractivity (Wildman–Crippen MR) is 73.1 cm³/mol. The molecule has 2 rings (SSSR count). The summed E-state index contributed by atoms with van der Waals surface area (Å²) in [7, 11) is 1.60. The number of hydrogen-bond donors (Lipinski definition) is 1. The Morgan fingerprint density at radius 2 is 2.00 bits per heavy atom. The van der Waals surface area contributed by atoms with Gasteiger partial charge >= 0.3 is 0 Å². The predicted octanol–water partition coefficient (Wildman–Crippen LogP) is 2.64. The lowest BCUT2D eigenvalue weighted by atomic mass is 10.4. The lowest BCUT2D eigenvalue weighted by molar-refractivity contribution is 0.181. The largest absolute Gasteiger partial charge is 0.384 e. The average Bonchev–Trinajstić information content (AvgIpc) is 2.38. The highest BCUT2D eigenvalue weighted by Gasteiger charge is 2.04. The number of halogens is 1. The van der Waals surface area contributed by atoms with Crippen LogP contribution in [0.5, 0.6) is 0 Å². The van der Waals surface area contributed by atoms with Crippen molar-refractivity contribution in [2.24, 2.45) is 0 Å². The molecule has 2 N–H and O–H groups in total. The topological polar surface area (TPSA) is 61.0 Å². The van der Waals surface area contributed by atoms with Gasteiger partial charge in [-0.2, -0.15) is 0 Å². The number of ether oxygens (including phenoxy) is 1. The zero-order valence-electron chi connectivity index (χ0n) is 10.5. The van der Waals surface area contributed by atoms with E-state index in [9.17, 15) is 4.39 Å². The Labute approximate surface area is 115 Å². The van der Waals surface area contributed by atoms with Crippen LogP contribution in [0.4, 0.5) is 10.2 Å². The molecule has 0 unspecified atom stereocenters. The van der Waals surface area contributed by atoms with Gasteiger partial charge in [-0.15, -0.1) is 11.8 Å². The molecule has 0 saturated carbocycles. The van der Waals surface area contributed by atoms with Crippen LogP contribution in [0.1, 0.15) is 11.5 Å². The second-order valence-corrected chi connectivity index (χ2v) is 4.92.